The molecule has 4 nitrogen and oxygen atoms in total. The average Bonchev–Trinajstić information content (AvgIpc) is 2.26. The quantitative estimate of drug-likeness (QED) is 0.791. The molecular formula is C11H10ClNO3. The Morgan fingerprint density at radius 2 is 2.12 bits per heavy atom. The molecule has 5 heteroatoms. The number of aromatic carboxylic acids is 1. The standard InChI is InChI=1S/C11H10ClNO3/c1-13-10(14)5-3-7-2-4-8(12)6-9(7)11(15)16/h2-6H,1H3,(H,13,14)(H,15,16)/b5-3+. The number of amides is 1. The Balaban J connectivity index is 3.09. The van der Waals surface area contributed by atoms with Crippen molar-refractivity contribution in [3.05, 3.63) is 40.4 Å². The van der Waals surface area contributed by atoms with Gasteiger partial charge in [-0.05, 0) is 23.8 Å². The van der Waals surface area contributed by atoms with Gasteiger partial charge in [0.15, 0.2) is 0 Å². The summed E-state index contributed by atoms with van der Waals surface area (Å²) in [5.74, 6) is -1.38. The van der Waals surface area contributed by atoms with E-state index in [-0.39, 0.29) is 11.5 Å². The minimum atomic E-state index is -1.08. The maximum atomic E-state index is 11.0. The van der Waals surface area contributed by atoms with Crippen LogP contribution in [0.5, 0.6) is 0 Å². The molecule has 0 radical (unpaired) electrons. The Bertz CT molecular complexity index is 455. The summed E-state index contributed by atoms with van der Waals surface area (Å²) in [4.78, 5) is 21.9. The summed E-state index contributed by atoms with van der Waals surface area (Å²) >= 11 is 5.68. The maximum Gasteiger partial charge on any atom is 0.336 e. The molecule has 1 amide bonds. The van der Waals surface area contributed by atoms with Crippen LogP contribution in [0.4, 0.5) is 0 Å². The number of likely N-dealkylation sites (N-methyl/N-ethyl adjacent to an activating group) is 1. The number of carboxylic acids is 1. The van der Waals surface area contributed by atoms with E-state index < -0.39 is 5.97 Å². The second kappa shape index (κ2) is 5.32. The molecule has 0 aliphatic carbocycles. The van der Waals surface area contributed by atoms with Crippen molar-refractivity contribution in [3.8, 4) is 0 Å². The Kier molecular flexibility index (Phi) is 4.08. The molecular weight excluding hydrogens is 230 g/mol. The fraction of sp³-hybridized carbons (Fsp3) is 0.0909. The first-order valence-electron chi connectivity index (χ1n) is 4.47. The first-order valence-corrected chi connectivity index (χ1v) is 4.85. The number of rotatable bonds is 3. The molecule has 16 heavy (non-hydrogen) atoms. The Labute approximate surface area is 97.5 Å². The van der Waals surface area contributed by atoms with Gasteiger partial charge >= 0.3 is 5.97 Å². The van der Waals surface area contributed by atoms with Crippen LogP contribution in [0.15, 0.2) is 24.3 Å². The van der Waals surface area contributed by atoms with Gasteiger partial charge in [0.05, 0.1) is 5.56 Å². The zero-order valence-corrected chi connectivity index (χ0v) is 9.28. The maximum absolute atomic E-state index is 11.0. The number of halogens is 1. The van der Waals surface area contributed by atoms with Crippen LogP contribution in [0.1, 0.15) is 15.9 Å². The molecule has 0 fully saturated rings. The van der Waals surface area contributed by atoms with E-state index in [0.717, 1.165) is 0 Å². The van der Waals surface area contributed by atoms with Gasteiger partial charge in [-0.2, -0.15) is 0 Å². The molecule has 0 saturated heterocycles. The first kappa shape index (κ1) is 12.3. The second-order valence-electron chi connectivity index (χ2n) is 2.98. The number of hydrogen-bond donors (Lipinski definition) is 2. The minimum Gasteiger partial charge on any atom is -0.478 e. The number of nitrogens with one attached hydrogen (secondary N) is 1. The van der Waals surface area contributed by atoms with Crippen LogP contribution in [0.25, 0.3) is 6.08 Å². The molecule has 0 aromatic heterocycles. The second-order valence-corrected chi connectivity index (χ2v) is 3.42. The van der Waals surface area contributed by atoms with Crippen molar-refractivity contribution >= 4 is 29.6 Å². The van der Waals surface area contributed by atoms with Crippen LogP contribution in [0.3, 0.4) is 0 Å². The lowest BCUT2D eigenvalue weighted by Gasteiger charge is -2.01. The van der Waals surface area contributed by atoms with Crippen molar-refractivity contribution in [3.63, 3.8) is 0 Å². The zero-order chi connectivity index (χ0) is 12.1. The smallest absolute Gasteiger partial charge is 0.336 e. The summed E-state index contributed by atoms with van der Waals surface area (Å²) in [6.07, 6.45) is 2.69. The van der Waals surface area contributed by atoms with Gasteiger partial charge in [-0.25, -0.2) is 4.79 Å². The van der Waals surface area contributed by atoms with Crippen LogP contribution < -0.4 is 5.32 Å². The van der Waals surface area contributed by atoms with Crippen molar-refractivity contribution in [2.75, 3.05) is 7.05 Å². The molecule has 0 bridgehead atoms. The molecule has 1 aromatic rings. The van der Waals surface area contributed by atoms with Crippen LogP contribution in [0.2, 0.25) is 5.02 Å². The van der Waals surface area contributed by atoms with E-state index in [9.17, 15) is 9.59 Å². The van der Waals surface area contributed by atoms with Crippen molar-refractivity contribution in [1.29, 1.82) is 0 Å². The topological polar surface area (TPSA) is 66.4 Å². The number of hydrogen-bond acceptors (Lipinski definition) is 2. The van der Waals surface area contributed by atoms with Crippen LogP contribution in [0, 0.1) is 0 Å². The van der Waals surface area contributed by atoms with Gasteiger partial charge < -0.3 is 10.4 Å². The lowest BCUT2D eigenvalue weighted by Crippen LogP contribution is -2.14. The van der Waals surface area contributed by atoms with Crippen molar-refractivity contribution in [2.24, 2.45) is 0 Å². The highest BCUT2D eigenvalue weighted by Gasteiger charge is 2.08. The van der Waals surface area contributed by atoms with Gasteiger partial charge in [-0.15, -0.1) is 0 Å². The predicted octanol–water partition coefficient (Wildman–Crippen LogP) is 1.80. The summed E-state index contributed by atoms with van der Waals surface area (Å²) in [6.45, 7) is 0. The summed E-state index contributed by atoms with van der Waals surface area (Å²) in [5.41, 5.74) is 0.494. The predicted molar refractivity (Wildman–Crippen MR) is 61.5 cm³/mol. The Morgan fingerprint density at radius 3 is 2.69 bits per heavy atom. The molecule has 2 N–H and O–H groups in total. The third-order valence-electron chi connectivity index (χ3n) is 1.91. The molecule has 1 rings (SSSR count). The largest absolute Gasteiger partial charge is 0.478 e. The van der Waals surface area contributed by atoms with Gasteiger partial charge in [-0.3, -0.25) is 4.79 Å². The first-order chi connectivity index (χ1) is 7.54. The Morgan fingerprint density at radius 1 is 1.44 bits per heavy atom. The molecule has 1 aromatic carbocycles. The molecule has 0 unspecified atom stereocenters. The monoisotopic (exact) mass is 239 g/mol. The van der Waals surface area contributed by atoms with Crippen LogP contribution >= 0.6 is 11.6 Å². The molecule has 0 atom stereocenters. The lowest BCUT2D eigenvalue weighted by atomic mass is 10.1. The zero-order valence-electron chi connectivity index (χ0n) is 8.53. The van der Waals surface area contributed by atoms with Crippen LogP contribution in [-0.2, 0) is 4.79 Å². The minimum absolute atomic E-state index is 0.0626. The summed E-state index contributed by atoms with van der Waals surface area (Å²) in [7, 11) is 1.49. The highest BCUT2D eigenvalue weighted by molar-refractivity contribution is 6.31. The fourth-order valence-electron chi connectivity index (χ4n) is 1.11. The lowest BCUT2D eigenvalue weighted by molar-refractivity contribution is -0.115. The van der Waals surface area contributed by atoms with Gasteiger partial charge in [0, 0.05) is 18.1 Å². The molecule has 0 spiro atoms. The van der Waals surface area contributed by atoms with Crippen molar-refractivity contribution in [2.45, 2.75) is 0 Å². The van der Waals surface area contributed by atoms with E-state index in [1.54, 1.807) is 12.1 Å². The third kappa shape index (κ3) is 3.10. The summed E-state index contributed by atoms with van der Waals surface area (Å²) in [5, 5.41) is 11.7. The number of benzene rings is 1. The van der Waals surface area contributed by atoms with Crippen LogP contribution in [-0.4, -0.2) is 24.0 Å². The highest BCUT2D eigenvalue weighted by atomic mass is 35.5. The van der Waals surface area contributed by atoms with Crippen molar-refractivity contribution < 1.29 is 14.7 Å². The number of carboxylic acid groups (broad SMARTS) is 1. The van der Waals surface area contributed by atoms with Crippen molar-refractivity contribution in [1.82, 2.24) is 5.32 Å². The summed E-state index contributed by atoms with van der Waals surface area (Å²) in [6, 6.07) is 4.45. The Hall–Kier alpha value is -1.81. The van der Waals surface area contributed by atoms with Gasteiger partial charge in [-0.1, -0.05) is 17.7 Å². The van der Waals surface area contributed by atoms with E-state index in [1.165, 1.54) is 25.3 Å². The highest BCUT2D eigenvalue weighted by Crippen LogP contribution is 2.17. The number of carbonyl (C=O) groups is 2. The van der Waals surface area contributed by atoms with E-state index >= 15 is 0 Å². The summed E-state index contributed by atoms with van der Waals surface area (Å²) < 4.78 is 0. The van der Waals surface area contributed by atoms with E-state index in [1.807, 2.05) is 0 Å². The molecule has 0 heterocycles. The van der Waals surface area contributed by atoms with Gasteiger partial charge in [0.2, 0.25) is 5.91 Å². The van der Waals surface area contributed by atoms with E-state index in [2.05, 4.69) is 5.32 Å². The molecule has 0 aliphatic rings. The average molecular weight is 240 g/mol. The van der Waals surface area contributed by atoms with E-state index in [4.69, 9.17) is 16.7 Å². The third-order valence-corrected chi connectivity index (χ3v) is 2.14. The molecule has 84 valence electrons. The van der Waals surface area contributed by atoms with Gasteiger partial charge in [0.1, 0.15) is 0 Å². The molecule has 0 aliphatic heterocycles. The van der Waals surface area contributed by atoms with Gasteiger partial charge in [0.25, 0.3) is 0 Å². The normalized spacial score (nSPS) is 10.4. The number of carbonyl (C=O) groups excluding carboxylic acids is 1. The molecule has 0 saturated carbocycles. The fourth-order valence-corrected chi connectivity index (χ4v) is 1.28. The SMILES string of the molecule is CNC(=O)/C=C/c1ccc(Cl)cc1C(=O)O. The van der Waals surface area contributed by atoms with E-state index in [0.29, 0.717) is 10.6 Å².